The molecule has 2 N–H and O–H groups in total. The summed E-state index contributed by atoms with van der Waals surface area (Å²) in [6.45, 7) is 0. The Kier molecular flexibility index (Phi) is 2.84. The molecule has 0 aliphatic heterocycles. The van der Waals surface area contributed by atoms with E-state index in [9.17, 15) is 9.59 Å². The number of carbonyl (C=O) groups is 1. The summed E-state index contributed by atoms with van der Waals surface area (Å²) < 4.78 is 1.35. The number of nitrogens with two attached hydrogens (primary N) is 1. The molecule has 0 atom stereocenters. The van der Waals surface area contributed by atoms with Crippen molar-refractivity contribution in [3.63, 3.8) is 0 Å². The van der Waals surface area contributed by atoms with Crippen LogP contribution >= 0.6 is 0 Å². The van der Waals surface area contributed by atoms with Crippen LogP contribution in [-0.4, -0.2) is 10.5 Å². The van der Waals surface area contributed by atoms with Gasteiger partial charge >= 0.3 is 0 Å². The van der Waals surface area contributed by atoms with Crippen molar-refractivity contribution >= 4 is 16.7 Å². The fourth-order valence-corrected chi connectivity index (χ4v) is 2.27. The standard InChI is InChI=1S/C16H12N2O2/c17-15(19)14-10-11-6-4-5-9-13(11)16(20)18(14)12-7-2-1-3-8-12/h1-10H,(H2,17,19). The highest BCUT2D eigenvalue weighted by Crippen LogP contribution is 2.15. The molecule has 4 nitrogen and oxygen atoms in total. The summed E-state index contributed by atoms with van der Waals surface area (Å²) in [6.07, 6.45) is 0. The molecule has 20 heavy (non-hydrogen) atoms. The zero-order valence-corrected chi connectivity index (χ0v) is 10.6. The number of benzene rings is 2. The number of para-hydroxylation sites is 1. The van der Waals surface area contributed by atoms with E-state index in [-0.39, 0.29) is 11.3 Å². The van der Waals surface area contributed by atoms with Crippen LogP contribution in [0, 0.1) is 0 Å². The number of hydrogen-bond acceptors (Lipinski definition) is 2. The normalized spacial score (nSPS) is 10.6. The average Bonchev–Trinajstić information content (AvgIpc) is 2.48. The van der Waals surface area contributed by atoms with Crippen LogP contribution in [0.4, 0.5) is 0 Å². The van der Waals surface area contributed by atoms with Crippen molar-refractivity contribution in [1.82, 2.24) is 4.57 Å². The number of carbonyl (C=O) groups excluding carboxylic acids is 1. The number of rotatable bonds is 2. The Balaban J connectivity index is 2.46. The summed E-state index contributed by atoms with van der Waals surface area (Å²) in [4.78, 5) is 24.3. The van der Waals surface area contributed by atoms with E-state index >= 15 is 0 Å². The number of amides is 1. The summed E-state index contributed by atoms with van der Waals surface area (Å²) in [6, 6.07) is 17.8. The Bertz CT molecular complexity index is 851. The topological polar surface area (TPSA) is 65.1 Å². The van der Waals surface area contributed by atoms with Gasteiger partial charge in [-0.2, -0.15) is 0 Å². The van der Waals surface area contributed by atoms with Crippen LogP contribution in [0.3, 0.4) is 0 Å². The smallest absolute Gasteiger partial charge is 0.265 e. The van der Waals surface area contributed by atoms with Crippen molar-refractivity contribution in [2.45, 2.75) is 0 Å². The molecule has 0 fully saturated rings. The number of nitrogens with zero attached hydrogens (tertiary/aromatic N) is 1. The van der Waals surface area contributed by atoms with Gasteiger partial charge < -0.3 is 5.73 Å². The average molecular weight is 264 g/mol. The lowest BCUT2D eigenvalue weighted by molar-refractivity contribution is 0.0993. The van der Waals surface area contributed by atoms with Gasteiger partial charge in [-0.15, -0.1) is 0 Å². The first-order valence-electron chi connectivity index (χ1n) is 6.18. The zero-order valence-electron chi connectivity index (χ0n) is 10.6. The van der Waals surface area contributed by atoms with E-state index in [2.05, 4.69) is 0 Å². The lowest BCUT2D eigenvalue weighted by Crippen LogP contribution is -2.27. The van der Waals surface area contributed by atoms with Gasteiger partial charge in [-0.1, -0.05) is 36.4 Å². The highest BCUT2D eigenvalue weighted by atomic mass is 16.2. The maximum absolute atomic E-state index is 12.6. The van der Waals surface area contributed by atoms with Gasteiger partial charge in [-0.3, -0.25) is 14.2 Å². The minimum atomic E-state index is -0.628. The van der Waals surface area contributed by atoms with Crippen LogP contribution in [0.15, 0.2) is 65.5 Å². The maximum atomic E-state index is 12.6. The maximum Gasteiger partial charge on any atom is 0.265 e. The molecule has 0 aliphatic carbocycles. The fraction of sp³-hybridized carbons (Fsp3) is 0. The van der Waals surface area contributed by atoms with E-state index in [4.69, 9.17) is 5.73 Å². The highest BCUT2D eigenvalue weighted by Gasteiger charge is 2.14. The van der Waals surface area contributed by atoms with Crippen molar-refractivity contribution in [3.8, 4) is 5.69 Å². The minimum absolute atomic E-state index is 0.180. The first kappa shape index (κ1) is 12.2. The van der Waals surface area contributed by atoms with E-state index in [1.165, 1.54) is 4.57 Å². The van der Waals surface area contributed by atoms with Crippen molar-refractivity contribution < 1.29 is 4.79 Å². The predicted molar refractivity (Wildman–Crippen MR) is 78.1 cm³/mol. The van der Waals surface area contributed by atoms with Crippen LogP contribution in [0.25, 0.3) is 16.5 Å². The number of aromatic nitrogens is 1. The zero-order chi connectivity index (χ0) is 14.1. The molecule has 1 amide bonds. The monoisotopic (exact) mass is 264 g/mol. The van der Waals surface area contributed by atoms with Crippen LogP contribution in [0.1, 0.15) is 10.5 Å². The van der Waals surface area contributed by atoms with Gasteiger partial charge in [0.1, 0.15) is 5.69 Å². The largest absolute Gasteiger partial charge is 0.364 e. The molecule has 2 aromatic carbocycles. The van der Waals surface area contributed by atoms with E-state index in [0.29, 0.717) is 16.5 Å². The summed E-state index contributed by atoms with van der Waals surface area (Å²) >= 11 is 0. The third kappa shape index (κ3) is 1.87. The number of fused-ring (bicyclic) bond motifs is 1. The third-order valence-corrected chi connectivity index (χ3v) is 3.19. The molecule has 0 radical (unpaired) electrons. The second-order valence-electron chi connectivity index (χ2n) is 4.46. The van der Waals surface area contributed by atoms with Crippen LogP contribution in [0.5, 0.6) is 0 Å². The van der Waals surface area contributed by atoms with E-state index < -0.39 is 5.91 Å². The van der Waals surface area contributed by atoms with E-state index in [1.54, 1.807) is 36.4 Å². The van der Waals surface area contributed by atoms with Crippen molar-refractivity contribution in [3.05, 3.63) is 76.7 Å². The molecule has 98 valence electrons. The Morgan fingerprint density at radius 1 is 0.950 bits per heavy atom. The lowest BCUT2D eigenvalue weighted by atomic mass is 10.1. The molecule has 0 bridgehead atoms. The molecule has 1 heterocycles. The Hall–Kier alpha value is -2.88. The first-order chi connectivity index (χ1) is 9.68. The van der Waals surface area contributed by atoms with Crippen molar-refractivity contribution in [2.75, 3.05) is 0 Å². The van der Waals surface area contributed by atoms with Gasteiger partial charge in [0.25, 0.3) is 11.5 Å². The molecular weight excluding hydrogens is 252 g/mol. The van der Waals surface area contributed by atoms with Crippen LogP contribution in [0.2, 0.25) is 0 Å². The van der Waals surface area contributed by atoms with Gasteiger partial charge in [0.2, 0.25) is 0 Å². The van der Waals surface area contributed by atoms with E-state index in [1.807, 2.05) is 24.3 Å². The minimum Gasteiger partial charge on any atom is -0.364 e. The number of primary amides is 1. The van der Waals surface area contributed by atoms with Gasteiger partial charge in [-0.05, 0) is 29.7 Å². The molecule has 4 heteroatoms. The highest BCUT2D eigenvalue weighted by molar-refractivity contribution is 5.96. The van der Waals surface area contributed by atoms with Gasteiger partial charge in [0.15, 0.2) is 0 Å². The molecule has 3 rings (SSSR count). The lowest BCUT2D eigenvalue weighted by Gasteiger charge is -2.12. The Labute approximate surface area is 115 Å². The Morgan fingerprint density at radius 2 is 1.60 bits per heavy atom. The SMILES string of the molecule is NC(=O)c1cc2ccccc2c(=O)n1-c1ccccc1. The van der Waals surface area contributed by atoms with Gasteiger partial charge in [-0.25, -0.2) is 0 Å². The molecule has 0 saturated carbocycles. The number of pyridine rings is 1. The van der Waals surface area contributed by atoms with Crippen molar-refractivity contribution in [2.24, 2.45) is 5.73 Å². The molecular formula is C16H12N2O2. The van der Waals surface area contributed by atoms with Gasteiger partial charge in [0, 0.05) is 11.1 Å². The van der Waals surface area contributed by atoms with Crippen LogP contribution in [-0.2, 0) is 0 Å². The molecule has 0 aliphatic rings. The molecule has 0 unspecified atom stereocenters. The summed E-state index contributed by atoms with van der Waals surface area (Å²) in [5.74, 6) is -0.628. The van der Waals surface area contributed by atoms with Crippen molar-refractivity contribution in [1.29, 1.82) is 0 Å². The summed E-state index contributed by atoms with van der Waals surface area (Å²) in [5.41, 5.74) is 5.97. The van der Waals surface area contributed by atoms with Crippen LogP contribution < -0.4 is 11.3 Å². The Morgan fingerprint density at radius 3 is 2.30 bits per heavy atom. The summed E-state index contributed by atoms with van der Waals surface area (Å²) in [5, 5.41) is 1.26. The third-order valence-electron chi connectivity index (χ3n) is 3.19. The molecule has 0 spiro atoms. The molecule has 1 aromatic heterocycles. The predicted octanol–water partition coefficient (Wildman–Crippen LogP) is 2.09. The second-order valence-corrected chi connectivity index (χ2v) is 4.46. The molecule has 3 aromatic rings. The summed E-state index contributed by atoms with van der Waals surface area (Å²) in [7, 11) is 0. The first-order valence-corrected chi connectivity index (χ1v) is 6.18. The fourth-order valence-electron chi connectivity index (χ4n) is 2.27. The molecule has 0 saturated heterocycles. The second kappa shape index (κ2) is 4.66. The van der Waals surface area contributed by atoms with Gasteiger partial charge in [0.05, 0.1) is 0 Å². The quantitative estimate of drug-likeness (QED) is 0.770. The van der Waals surface area contributed by atoms with E-state index in [0.717, 1.165) is 0 Å². The number of hydrogen-bond donors (Lipinski definition) is 1.